The third-order valence-electron chi connectivity index (χ3n) is 0.840. The molecule has 0 aliphatic rings. The molecule has 0 heterocycles. The second kappa shape index (κ2) is 2.35. The SMILES string of the molecule is Oc1[c]c(F)ccc1Br. The van der Waals surface area contributed by atoms with Crippen LogP contribution in [0, 0.1) is 11.9 Å². The zero-order valence-electron chi connectivity index (χ0n) is 4.36. The first-order valence-corrected chi connectivity index (χ1v) is 3.06. The van der Waals surface area contributed by atoms with Crippen LogP contribution in [0.2, 0.25) is 0 Å². The second-order valence-corrected chi connectivity index (χ2v) is 2.36. The highest BCUT2D eigenvalue weighted by atomic mass is 79.9. The molecule has 0 unspecified atom stereocenters. The minimum absolute atomic E-state index is 0.199. The summed E-state index contributed by atoms with van der Waals surface area (Å²) < 4.78 is 12.6. The molecule has 0 fully saturated rings. The van der Waals surface area contributed by atoms with E-state index in [2.05, 4.69) is 22.0 Å². The van der Waals surface area contributed by atoms with Gasteiger partial charge in [-0.25, -0.2) is 4.39 Å². The molecule has 1 nitrogen and oxygen atoms in total. The van der Waals surface area contributed by atoms with E-state index in [9.17, 15) is 4.39 Å². The molecule has 0 saturated heterocycles. The van der Waals surface area contributed by atoms with E-state index in [0.29, 0.717) is 4.47 Å². The maximum absolute atomic E-state index is 12.1. The van der Waals surface area contributed by atoms with E-state index in [1.807, 2.05) is 0 Å². The number of aromatic hydroxyl groups is 1. The zero-order valence-corrected chi connectivity index (χ0v) is 5.94. The van der Waals surface area contributed by atoms with Crippen LogP contribution < -0.4 is 0 Å². The molecule has 1 radical (unpaired) electrons. The Hall–Kier alpha value is -0.570. The van der Waals surface area contributed by atoms with Crippen molar-refractivity contribution in [2.24, 2.45) is 0 Å². The molecule has 0 amide bonds. The number of phenols is 1. The number of hydrogen-bond donors (Lipinski definition) is 1. The van der Waals surface area contributed by atoms with Crippen LogP contribution in [0.3, 0.4) is 0 Å². The highest BCUT2D eigenvalue weighted by Crippen LogP contribution is 2.22. The van der Waals surface area contributed by atoms with E-state index < -0.39 is 5.82 Å². The molecular formula is C6H3BrFO. The molecule has 1 aromatic rings. The Balaban J connectivity index is 3.17. The highest BCUT2D eigenvalue weighted by molar-refractivity contribution is 9.10. The van der Waals surface area contributed by atoms with Gasteiger partial charge < -0.3 is 5.11 Å². The molecule has 1 N–H and O–H groups in total. The predicted molar refractivity (Wildman–Crippen MR) is 34.6 cm³/mol. The normalized spacial score (nSPS) is 9.56. The van der Waals surface area contributed by atoms with E-state index >= 15 is 0 Å². The van der Waals surface area contributed by atoms with Gasteiger partial charge in [0.05, 0.1) is 10.5 Å². The average molecular weight is 190 g/mol. The lowest BCUT2D eigenvalue weighted by Crippen LogP contribution is -1.73. The Morgan fingerprint density at radius 1 is 1.56 bits per heavy atom. The van der Waals surface area contributed by atoms with Gasteiger partial charge in [0.25, 0.3) is 0 Å². The van der Waals surface area contributed by atoms with Crippen LogP contribution in [0.15, 0.2) is 16.6 Å². The van der Waals surface area contributed by atoms with Crippen molar-refractivity contribution in [1.82, 2.24) is 0 Å². The van der Waals surface area contributed by atoms with Gasteiger partial charge >= 0.3 is 0 Å². The van der Waals surface area contributed by atoms with Crippen LogP contribution >= 0.6 is 15.9 Å². The lowest BCUT2D eigenvalue weighted by atomic mass is 10.3. The Morgan fingerprint density at radius 3 is 2.67 bits per heavy atom. The number of halogens is 2. The number of hydrogen-bond acceptors (Lipinski definition) is 1. The molecule has 0 aromatic heterocycles. The first kappa shape index (κ1) is 6.55. The van der Waals surface area contributed by atoms with Gasteiger partial charge in [0.2, 0.25) is 0 Å². The summed E-state index contributed by atoms with van der Waals surface area (Å²) in [7, 11) is 0. The van der Waals surface area contributed by atoms with Crippen molar-refractivity contribution in [3.8, 4) is 5.75 Å². The second-order valence-electron chi connectivity index (χ2n) is 1.50. The van der Waals surface area contributed by atoms with E-state index in [1.165, 1.54) is 12.1 Å². The first-order valence-electron chi connectivity index (χ1n) is 2.26. The molecule has 0 aliphatic carbocycles. The van der Waals surface area contributed by atoms with E-state index in [-0.39, 0.29) is 5.75 Å². The molecule has 0 atom stereocenters. The molecule has 47 valence electrons. The molecule has 0 spiro atoms. The lowest BCUT2D eigenvalue weighted by molar-refractivity contribution is 0.464. The average Bonchev–Trinajstić information content (AvgIpc) is 1.80. The zero-order chi connectivity index (χ0) is 6.85. The third-order valence-corrected chi connectivity index (χ3v) is 1.48. The number of rotatable bonds is 0. The Morgan fingerprint density at radius 2 is 2.22 bits per heavy atom. The van der Waals surface area contributed by atoms with Crippen molar-refractivity contribution in [1.29, 1.82) is 0 Å². The monoisotopic (exact) mass is 189 g/mol. The summed E-state index contributed by atoms with van der Waals surface area (Å²) in [6, 6.07) is 4.71. The summed E-state index contributed by atoms with van der Waals surface area (Å²) in [5.74, 6) is -0.759. The van der Waals surface area contributed by atoms with Gasteiger partial charge in [0.1, 0.15) is 11.6 Å². The molecule has 0 bridgehead atoms. The lowest BCUT2D eigenvalue weighted by Gasteiger charge is -1.92. The topological polar surface area (TPSA) is 20.2 Å². The van der Waals surface area contributed by atoms with Crippen LogP contribution in [0.4, 0.5) is 4.39 Å². The van der Waals surface area contributed by atoms with Crippen molar-refractivity contribution in [2.45, 2.75) is 0 Å². The summed E-state index contributed by atoms with van der Waals surface area (Å²) in [6.45, 7) is 0. The summed E-state index contributed by atoms with van der Waals surface area (Å²) in [5, 5.41) is 8.76. The summed E-state index contributed by atoms with van der Waals surface area (Å²) in [5.41, 5.74) is 0. The molecule has 0 saturated carbocycles. The standard InChI is InChI=1S/C6H3BrFO/c7-5-2-1-4(8)3-6(5)9/h1-2,9H. The fourth-order valence-corrected chi connectivity index (χ4v) is 0.671. The molecule has 9 heavy (non-hydrogen) atoms. The van der Waals surface area contributed by atoms with Crippen LogP contribution in [-0.4, -0.2) is 5.11 Å². The quantitative estimate of drug-likeness (QED) is 0.663. The minimum Gasteiger partial charge on any atom is -0.506 e. The first-order chi connectivity index (χ1) is 4.20. The van der Waals surface area contributed by atoms with E-state index in [0.717, 1.165) is 0 Å². The largest absolute Gasteiger partial charge is 0.506 e. The smallest absolute Gasteiger partial charge is 0.140 e. The van der Waals surface area contributed by atoms with Gasteiger partial charge in [-0.15, -0.1) is 0 Å². The van der Waals surface area contributed by atoms with Crippen molar-refractivity contribution in [2.75, 3.05) is 0 Å². The number of phenolic OH excluding ortho intramolecular Hbond substituents is 1. The van der Waals surface area contributed by atoms with Gasteiger partial charge in [0, 0.05) is 0 Å². The fraction of sp³-hybridized carbons (Fsp3) is 0. The van der Waals surface area contributed by atoms with Crippen molar-refractivity contribution in [3.05, 3.63) is 28.5 Å². The van der Waals surface area contributed by atoms with Crippen LogP contribution in [0.25, 0.3) is 0 Å². The van der Waals surface area contributed by atoms with E-state index in [4.69, 9.17) is 5.11 Å². The van der Waals surface area contributed by atoms with E-state index in [1.54, 1.807) is 0 Å². The van der Waals surface area contributed by atoms with Crippen LogP contribution in [0.5, 0.6) is 5.75 Å². The Bertz CT molecular complexity index is 224. The maximum atomic E-state index is 12.1. The third kappa shape index (κ3) is 1.42. The van der Waals surface area contributed by atoms with Gasteiger partial charge in [-0.1, -0.05) is 0 Å². The summed E-state index contributed by atoms with van der Waals surface area (Å²) in [4.78, 5) is 0. The Labute approximate surface area is 60.3 Å². The van der Waals surface area contributed by atoms with Crippen LogP contribution in [-0.2, 0) is 0 Å². The van der Waals surface area contributed by atoms with Gasteiger partial charge in [0.15, 0.2) is 0 Å². The molecule has 1 rings (SSSR count). The minimum atomic E-state index is -0.560. The van der Waals surface area contributed by atoms with Gasteiger partial charge in [-0.3, -0.25) is 0 Å². The van der Waals surface area contributed by atoms with Crippen molar-refractivity contribution >= 4 is 15.9 Å². The fourth-order valence-electron chi connectivity index (χ4n) is 0.440. The molecule has 1 aromatic carbocycles. The number of benzene rings is 1. The maximum Gasteiger partial charge on any atom is 0.140 e. The molecule has 0 aliphatic heterocycles. The summed E-state index contributed by atoms with van der Waals surface area (Å²) in [6.07, 6.45) is 0. The highest BCUT2D eigenvalue weighted by Gasteiger charge is 1.97. The Kier molecular flexibility index (Phi) is 1.71. The molecular weight excluding hydrogens is 187 g/mol. The van der Waals surface area contributed by atoms with Crippen molar-refractivity contribution < 1.29 is 9.50 Å². The molecule has 3 heteroatoms. The summed E-state index contributed by atoms with van der Waals surface area (Å²) >= 11 is 2.98. The van der Waals surface area contributed by atoms with Gasteiger partial charge in [-0.05, 0) is 28.1 Å². The van der Waals surface area contributed by atoms with Gasteiger partial charge in [-0.2, -0.15) is 0 Å². The van der Waals surface area contributed by atoms with Crippen molar-refractivity contribution in [3.63, 3.8) is 0 Å². The van der Waals surface area contributed by atoms with Crippen LogP contribution in [0.1, 0.15) is 0 Å². The predicted octanol–water partition coefficient (Wildman–Crippen LogP) is 2.09.